The van der Waals surface area contributed by atoms with E-state index in [1.807, 2.05) is 0 Å². The highest BCUT2D eigenvalue weighted by Gasteiger charge is 2.35. The highest BCUT2D eigenvalue weighted by atomic mass is 16.5. The third-order valence-electron chi connectivity index (χ3n) is 2.68. The third kappa shape index (κ3) is 1.89. The number of imidazole rings is 1. The Balaban J connectivity index is 2.37. The molecule has 0 aliphatic carbocycles. The molecule has 82 valence electrons. The van der Waals surface area contributed by atoms with Crippen LogP contribution in [0.3, 0.4) is 0 Å². The van der Waals surface area contributed by atoms with Crippen molar-refractivity contribution in [3.63, 3.8) is 0 Å². The Morgan fingerprint density at radius 3 is 3.27 bits per heavy atom. The number of hydrogen-bond acceptors (Lipinski definition) is 3. The van der Waals surface area contributed by atoms with E-state index in [4.69, 9.17) is 8.85 Å². The zero-order valence-corrected chi connectivity index (χ0v) is 8.86. The largest absolute Gasteiger partial charge is 0.465 e. The van der Waals surface area contributed by atoms with Crippen LogP contribution >= 0.6 is 0 Å². The molecule has 1 aromatic rings. The van der Waals surface area contributed by atoms with Crippen molar-refractivity contribution >= 4 is 5.97 Å². The second-order valence-corrected chi connectivity index (χ2v) is 3.68. The third-order valence-corrected chi connectivity index (χ3v) is 2.68. The van der Waals surface area contributed by atoms with Crippen LogP contribution in [-0.4, -0.2) is 22.1 Å². The molecule has 4 heteroatoms. The molecule has 1 aliphatic rings. The van der Waals surface area contributed by atoms with Gasteiger partial charge in [0, 0.05) is 26.2 Å². The molecule has 15 heavy (non-hydrogen) atoms. The highest BCUT2D eigenvalue weighted by molar-refractivity contribution is 5.74. The van der Waals surface area contributed by atoms with E-state index in [2.05, 4.69) is 4.98 Å². The lowest BCUT2D eigenvalue weighted by Crippen LogP contribution is -2.18. The van der Waals surface area contributed by atoms with Crippen molar-refractivity contribution in [2.24, 2.45) is 18.9 Å². The SMILES string of the molecule is [2H]C1([2H])OC(=O)[C@@H](CC)[C@@]1([2H])Cc1cncn1C. The first-order chi connectivity index (χ1) is 8.32. The fraction of sp³-hybridized carbons (Fsp3) is 0.636. The molecule has 2 heterocycles. The summed E-state index contributed by atoms with van der Waals surface area (Å²) < 4.78 is 30.4. The number of rotatable bonds is 3. The Morgan fingerprint density at radius 2 is 2.67 bits per heavy atom. The van der Waals surface area contributed by atoms with Gasteiger partial charge in [-0.2, -0.15) is 0 Å². The van der Waals surface area contributed by atoms with Gasteiger partial charge in [0.2, 0.25) is 0 Å². The van der Waals surface area contributed by atoms with Crippen molar-refractivity contribution in [1.29, 1.82) is 0 Å². The van der Waals surface area contributed by atoms with Crippen molar-refractivity contribution < 1.29 is 13.6 Å². The van der Waals surface area contributed by atoms with Gasteiger partial charge in [-0.3, -0.25) is 4.79 Å². The second kappa shape index (κ2) is 4.04. The van der Waals surface area contributed by atoms with Crippen LogP contribution in [0.2, 0.25) is 0 Å². The maximum atomic E-state index is 11.6. The van der Waals surface area contributed by atoms with E-state index in [-0.39, 0.29) is 6.42 Å². The fourth-order valence-electron chi connectivity index (χ4n) is 1.72. The summed E-state index contributed by atoms with van der Waals surface area (Å²) in [5, 5.41) is 0. The molecule has 0 bridgehead atoms. The summed E-state index contributed by atoms with van der Waals surface area (Å²) in [6.45, 7) is -0.505. The Kier molecular flexibility index (Phi) is 1.90. The topological polar surface area (TPSA) is 44.1 Å². The summed E-state index contributed by atoms with van der Waals surface area (Å²) in [5.74, 6) is -2.98. The van der Waals surface area contributed by atoms with Gasteiger partial charge >= 0.3 is 5.97 Å². The van der Waals surface area contributed by atoms with Crippen LogP contribution in [0.15, 0.2) is 12.5 Å². The Morgan fingerprint density at radius 1 is 1.87 bits per heavy atom. The van der Waals surface area contributed by atoms with Crippen LogP contribution in [0, 0.1) is 11.8 Å². The van der Waals surface area contributed by atoms with Gasteiger partial charge < -0.3 is 9.30 Å². The first-order valence-corrected chi connectivity index (χ1v) is 5.00. The van der Waals surface area contributed by atoms with Crippen molar-refractivity contribution in [2.45, 2.75) is 19.8 Å². The fourth-order valence-corrected chi connectivity index (χ4v) is 1.72. The van der Waals surface area contributed by atoms with Gasteiger partial charge in [-0.05, 0) is 12.8 Å². The number of nitrogens with zero attached hydrogens (tertiary/aromatic N) is 2. The van der Waals surface area contributed by atoms with Crippen molar-refractivity contribution in [1.82, 2.24) is 9.55 Å². The molecule has 0 amide bonds. The molecule has 2 atom stereocenters. The van der Waals surface area contributed by atoms with Crippen molar-refractivity contribution in [3.8, 4) is 0 Å². The Bertz CT molecular complexity index is 475. The molecule has 0 aromatic carbocycles. The zero-order chi connectivity index (χ0) is 13.6. The maximum absolute atomic E-state index is 11.6. The van der Waals surface area contributed by atoms with E-state index >= 15 is 0 Å². The molecule has 1 saturated heterocycles. The summed E-state index contributed by atoms with van der Waals surface area (Å²) in [7, 11) is 1.78. The van der Waals surface area contributed by atoms with Crippen LogP contribution < -0.4 is 0 Å². The molecule has 0 radical (unpaired) electrons. The van der Waals surface area contributed by atoms with Gasteiger partial charge in [-0.25, -0.2) is 4.98 Å². The minimum atomic E-state index is -2.27. The molecule has 0 N–H and O–H groups in total. The first kappa shape index (κ1) is 7.04. The van der Waals surface area contributed by atoms with Gasteiger partial charge in [0.25, 0.3) is 0 Å². The van der Waals surface area contributed by atoms with Crippen molar-refractivity contribution in [3.05, 3.63) is 18.2 Å². The highest BCUT2D eigenvalue weighted by Crippen LogP contribution is 2.27. The zero-order valence-electron chi connectivity index (χ0n) is 11.9. The Hall–Kier alpha value is -1.32. The summed E-state index contributed by atoms with van der Waals surface area (Å²) in [4.78, 5) is 15.6. The molecule has 1 aliphatic heterocycles. The first-order valence-electron chi connectivity index (χ1n) is 6.50. The molecular formula is C11H16N2O2. The number of cyclic esters (lactones) is 1. The minimum Gasteiger partial charge on any atom is -0.465 e. The van der Waals surface area contributed by atoms with E-state index < -0.39 is 24.3 Å². The second-order valence-electron chi connectivity index (χ2n) is 3.68. The molecule has 2 rings (SSSR count). The average molecular weight is 211 g/mol. The quantitative estimate of drug-likeness (QED) is 0.705. The van der Waals surface area contributed by atoms with Gasteiger partial charge in [0.1, 0.15) is 0 Å². The number of carbonyl (C=O) groups excluding carboxylic acids is 1. The van der Waals surface area contributed by atoms with Crippen molar-refractivity contribution in [2.75, 3.05) is 6.56 Å². The molecule has 0 spiro atoms. The molecule has 0 unspecified atom stereocenters. The van der Waals surface area contributed by atoms with Gasteiger partial charge in [-0.15, -0.1) is 0 Å². The lowest BCUT2D eigenvalue weighted by atomic mass is 9.89. The predicted octanol–water partition coefficient (Wildman–Crippen LogP) is 1.16. The number of ether oxygens (including phenoxy) is 1. The molecule has 4 nitrogen and oxygen atoms in total. The van der Waals surface area contributed by atoms with E-state index in [0.717, 1.165) is 0 Å². The minimum absolute atomic E-state index is 0.0980. The maximum Gasteiger partial charge on any atom is 0.309 e. The number of aryl methyl sites for hydroxylation is 1. The van der Waals surface area contributed by atoms with E-state index in [1.165, 1.54) is 0 Å². The summed E-state index contributed by atoms with van der Waals surface area (Å²) >= 11 is 0. The molecule has 0 saturated carbocycles. The number of hydrogen-bond donors (Lipinski definition) is 0. The van der Waals surface area contributed by atoms with Crippen LogP contribution in [0.4, 0.5) is 0 Å². The number of esters is 1. The smallest absolute Gasteiger partial charge is 0.309 e. The normalized spacial score (nSPS) is 36.8. The standard InChI is InChI=1S/C11H16N2O2/c1-3-10-8(6-15-11(10)14)4-9-5-12-7-13(9)2/h5,7-8,10H,3-4,6H2,1-2H3/t8-,10-/m0/s1/i6D2,8D. The number of carbonyl (C=O) groups is 1. The summed E-state index contributed by atoms with van der Waals surface area (Å²) in [5.41, 5.74) is 0.714. The average Bonchev–Trinajstić information content (AvgIpc) is 2.70. The summed E-state index contributed by atoms with van der Waals surface area (Å²) in [6.07, 6.45) is 3.66. The van der Waals surface area contributed by atoms with E-state index in [0.29, 0.717) is 12.1 Å². The van der Waals surface area contributed by atoms with Crippen LogP contribution in [0.1, 0.15) is 23.2 Å². The lowest BCUT2D eigenvalue weighted by molar-refractivity contribution is -0.141. The monoisotopic (exact) mass is 211 g/mol. The Labute approximate surface area is 93.5 Å². The van der Waals surface area contributed by atoms with Crippen LogP contribution in [0.25, 0.3) is 0 Å². The molecule has 1 fully saturated rings. The van der Waals surface area contributed by atoms with Crippen LogP contribution in [0.5, 0.6) is 0 Å². The number of aromatic nitrogens is 2. The van der Waals surface area contributed by atoms with Gasteiger partial charge in [-0.1, -0.05) is 6.92 Å². The van der Waals surface area contributed by atoms with Crippen LogP contribution in [-0.2, 0) is 23.0 Å². The molecular weight excluding hydrogens is 192 g/mol. The van der Waals surface area contributed by atoms with Gasteiger partial charge in [0.15, 0.2) is 0 Å². The molecule has 1 aromatic heterocycles. The lowest BCUT2D eigenvalue weighted by Gasteiger charge is -2.12. The van der Waals surface area contributed by atoms with E-state index in [9.17, 15) is 4.79 Å². The predicted molar refractivity (Wildman–Crippen MR) is 55.1 cm³/mol. The van der Waals surface area contributed by atoms with E-state index in [1.54, 1.807) is 31.1 Å². The summed E-state index contributed by atoms with van der Waals surface area (Å²) in [6, 6.07) is 0. The van der Waals surface area contributed by atoms with Gasteiger partial charge in [0.05, 0.1) is 21.5 Å².